The number of thioether (sulfide) groups is 3. The van der Waals surface area contributed by atoms with Gasteiger partial charge in [-0.1, -0.05) is 78.3 Å². The van der Waals surface area contributed by atoms with Crippen molar-refractivity contribution in [3.05, 3.63) is 35.9 Å². The Kier molecular flexibility index (Phi) is 57.8. The number of aliphatic hydroxyl groups is 4. The van der Waals surface area contributed by atoms with Crippen molar-refractivity contribution in [3.63, 3.8) is 0 Å². The van der Waals surface area contributed by atoms with Crippen molar-refractivity contribution in [1.29, 1.82) is 0 Å². The number of carboxylic acids is 2. The molecule has 19 amide bonds. The van der Waals surface area contributed by atoms with Gasteiger partial charge in [-0.25, -0.2) is 4.79 Å². The Morgan fingerprint density at radius 2 is 0.730 bits per heavy atom. The van der Waals surface area contributed by atoms with Gasteiger partial charge in [0.2, 0.25) is 112 Å². The van der Waals surface area contributed by atoms with Crippen molar-refractivity contribution in [2.24, 2.45) is 40.7 Å². The molecular weight excluding hydrogens is 1860 g/mol. The highest BCUT2D eigenvalue weighted by Gasteiger charge is 2.42. The van der Waals surface area contributed by atoms with E-state index in [0.717, 1.165) is 0 Å². The number of nitrogens with two attached hydrogens (primary N) is 4. The first-order chi connectivity index (χ1) is 64.7. The summed E-state index contributed by atoms with van der Waals surface area (Å²) in [4.78, 5) is 287. The molecule has 2 rings (SSSR count). The van der Waals surface area contributed by atoms with Crippen molar-refractivity contribution in [1.82, 2.24) is 90.0 Å². The van der Waals surface area contributed by atoms with Crippen molar-refractivity contribution in [2.75, 3.05) is 75.5 Å². The summed E-state index contributed by atoms with van der Waals surface area (Å²) in [5, 5.41) is 100. The molecule has 0 spiro atoms. The van der Waals surface area contributed by atoms with Gasteiger partial charge in [0, 0.05) is 32.2 Å². The van der Waals surface area contributed by atoms with E-state index in [4.69, 9.17) is 22.9 Å². The van der Waals surface area contributed by atoms with Crippen LogP contribution >= 0.6 is 35.3 Å². The van der Waals surface area contributed by atoms with Crippen LogP contribution in [0.2, 0.25) is 0 Å². The summed E-state index contributed by atoms with van der Waals surface area (Å²) in [6.07, 6.45) is 3.05. The number of unbranched alkanes of at least 4 members (excludes halogenated alkanes) is 1. The number of carbonyl (C=O) groups is 21. The molecule has 1 aromatic carbocycles. The first kappa shape index (κ1) is 122. The molecule has 19 atom stereocenters. The number of amides is 19. The molecule has 772 valence electrons. The average molecular weight is 2000 g/mol. The fourth-order valence-corrected chi connectivity index (χ4v) is 15.2. The van der Waals surface area contributed by atoms with E-state index in [1.807, 2.05) is 0 Å². The van der Waals surface area contributed by atoms with Crippen LogP contribution in [0.4, 0.5) is 0 Å². The minimum Gasteiger partial charge on any atom is -0.481 e. The fourth-order valence-electron chi connectivity index (χ4n) is 13.8. The summed E-state index contributed by atoms with van der Waals surface area (Å²) < 4.78 is 0. The normalized spacial score (nSPS) is 16.3. The highest BCUT2D eigenvalue weighted by atomic mass is 32.2. The molecule has 1 fully saturated rings. The molecule has 137 heavy (non-hydrogen) atoms. The van der Waals surface area contributed by atoms with Crippen LogP contribution in [-0.4, -0.2) is 344 Å². The van der Waals surface area contributed by atoms with E-state index >= 15 is 0 Å². The quantitative estimate of drug-likeness (QED) is 0.0269. The number of rotatable bonds is 68. The van der Waals surface area contributed by atoms with Crippen LogP contribution in [0.3, 0.4) is 0 Å². The summed E-state index contributed by atoms with van der Waals surface area (Å²) in [6, 6.07) is -19.8. The fraction of sp³-hybridized carbons (Fsp3) is 0.686. The topological polar surface area (TPSA) is 780 Å². The van der Waals surface area contributed by atoms with Crippen LogP contribution in [0.15, 0.2) is 30.3 Å². The first-order valence-corrected chi connectivity index (χ1v) is 49.5. The Labute approximate surface area is 808 Å². The summed E-state index contributed by atoms with van der Waals surface area (Å²) >= 11 is 3.87. The molecule has 0 saturated carbocycles. The van der Waals surface area contributed by atoms with Gasteiger partial charge in [-0.2, -0.15) is 35.3 Å². The predicted octanol–water partition coefficient (Wildman–Crippen LogP) is -7.68. The first-order valence-electron chi connectivity index (χ1n) is 45.3. The number of carboxylic acid groups (broad SMARTS) is 2. The predicted molar refractivity (Wildman–Crippen MR) is 505 cm³/mol. The average Bonchev–Trinajstić information content (AvgIpc) is 1.77. The van der Waals surface area contributed by atoms with Gasteiger partial charge < -0.3 is 144 Å². The van der Waals surface area contributed by atoms with Crippen molar-refractivity contribution < 1.29 is 131 Å². The zero-order valence-corrected chi connectivity index (χ0v) is 81.8. The minimum atomic E-state index is -1.92. The molecule has 1 saturated heterocycles. The maximum atomic E-state index is 14.7. The zero-order chi connectivity index (χ0) is 103. The SMILES string of the molecule is CC[C@H](C)[C@H](NC(=O)[C@H](CO)NC(=O)[C@H](CO)NC(=O)[C@H](CC(C)C)NC(=O)[C@H](CO)NC(=O)[C@@H]1CCCN1C(=O)[C@@H](N)CCC(N)=O)C(=O)N[C@@H](Cc1ccccc1)C(=O)N[C@@H](CCC(=O)O)C(=O)N[C@@H](C)C(=O)N[C@@H](CCSC)C(=O)N[C@@H](CCCCN)C(=O)N[C@@H](CCSC)C(=O)N[C@@H](CCC(N)=O)C(=O)N[C@@H](C)C(=O)N[C@@H](CO)C(=O)N[C@@H](CC(C)C)C(=O)N[C@@H](CCSC)C(=O)O. The lowest BCUT2D eigenvalue weighted by molar-refractivity contribution is -0.142. The van der Waals surface area contributed by atoms with Crippen LogP contribution < -0.4 is 108 Å². The van der Waals surface area contributed by atoms with Gasteiger partial charge in [0.05, 0.1) is 32.5 Å². The molecule has 0 bridgehead atoms. The van der Waals surface area contributed by atoms with Gasteiger partial charge in [-0.3, -0.25) is 95.9 Å². The third-order valence-corrected chi connectivity index (χ3v) is 23.8. The molecule has 1 aromatic rings. The maximum absolute atomic E-state index is 14.7. The number of primary amides is 2. The molecule has 0 radical (unpaired) electrons. The molecule has 48 nitrogen and oxygen atoms in total. The molecule has 0 unspecified atom stereocenters. The van der Waals surface area contributed by atoms with E-state index in [1.165, 1.54) is 61.0 Å². The number of benzene rings is 1. The van der Waals surface area contributed by atoms with Gasteiger partial charge in [0.15, 0.2) is 0 Å². The van der Waals surface area contributed by atoms with E-state index in [0.29, 0.717) is 24.2 Å². The molecule has 1 heterocycles. The van der Waals surface area contributed by atoms with Gasteiger partial charge in [0.25, 0.3) is 0 Å². The number of likely N-dealkylation sites (tertiary alicyclic amines) is 1. The monoisotopic (exact) mass is 2000 g/mol. The molecule has 0 aliphatic carbocycles. The zero-order valence-electron chi connectivity index (χ0n) is 79.3. The Hall–Kier alpha value is -11.1. The van der Waals surface area contributed by atoms with Crippen LogP contribution in [0.5, 0.6) is 0 Å². The van der Waals surface area contributed by atoms with Crippen molar-refractivity contribution in [3.8, 4) is 0 Å². The summed E-state index contributed by atoms with van der Waals surface area (Å²) in [5.74, 6) is -22.1. The third kappa shape index (κ3) is 44.9. The Morgan fingerprint density at radius 1 is 0.394 bits per heavy atom. The van der Waals surface area contributed by atoms with Crippen LogP contribution in [0.1, 0.15) is 170 Å². The number of aliphatic hydroxyl groups excluding tert-OH is 4. The number of nitrogens with one attached hydrogen (secondary N) is 16. The van der Waals surface area contributed by atoms with Crippen LogP contribution in [-0.2, 0) is 107 Å². The summed E-state index contributed by atoms with van der Waals surface area (Å²) in [6.45, 7) is 8.29. The standard InChI is InChI=1S/C86H143N21O27S3/c1-12-46(6)68(106-82(129)63(43-111)104-81(128)61(41-109)103-77(124)58(38-45(4)5)100-80(127)62(42-110)105-83(130)64-22-18-33-107(64)85(132)50(88)23-26-65(89)112)84(131)101-59(39-49-19-14-13-15-20-49)78(125)96-53(25-28-67(114)115)72(119)91-47(7)69(116)93-54(29-34-135-9)74(121)94-51(21-16-17-32-87)73(120)97-55(30-35-136-10)75(122)95-52(24-27-66(90)113)71(118)92-48(8)70(117)102-60(40-108)79(126)99-57(37-44(2)3)76(123)98-56(86(133)134)31-36-137-11/h13-15,19-20,44-48,50-64,68,108-111H,12,16-18,21-43,87-88H2,1-11H3,(H2,89,112)(H2,90,113)(H,91,119)(H,92,118)(H,93,116)(H,94,121)(H,95,122)(H,96,125)(H,97,120)(H,98,123)(H,99,126)(H,100,127)(H,101,131)(H,102,117)(H,103,124)(H,104,128)(H,105,130)(H,106,129)(H,114,115)(H,133,134)/t46-,47-,48-,50-,51-,52-,53-,54-,55-,56-,57-,58-,59-,60-,61-,62-,63-,64-,68-/m0/s1. The van der Waals surface area contributed by atoms with E-state index in [9.17, 15) is 131 Å². The lowest BCUT2D eigenvalue weighted by Crippen LogP contribution is -2.62. The largest absolute Gasteiger partial charge is 0.481 e. The van der Waals surface area contributed by atoms with E-state index < -0.39 is 291 Å². The van der Waals surface area contributed by atoms with E-state index in [-0.39, 0.29) is 113 Å². The minimum absolute atomic E-state index is 0.0197. The maximum Gasteiger partial charge on any atom is 0.326 e. The van der Waals surface area contributed by atoms with Crippen LogP contribution in [0, 0.1) is 17.8 Å². The van der Waals surface area contributed by atoms with E-state index in [2.05, 4.69) is 85.1 Å². The number of hydrogen-bond acceptors (Lipinski definition) is 30. The highest BCUT2D eigenvalue weighted by Crippen LogP contribution is 2.21. The van der Waals surface area contributed by atoms with Crippen molar-refractivity contribution >= 4 is 159 Å². The molecule has 30 N–H and O–H groups in total. The number of nitrogens with zero attached hydrogens (tertiary/aromatic N) is 1. The molecule has 1 aliphatic heterocycles. The second kappa shape index (κ2) is 64.9. The smallest absolute Gasteiger partial charge is 0.326 e. The molecule has 51 heteroatoms. The third-order valence-electron chi connectivity index (χ3n) is 21.9. The lowest BCUT2D eigenvalue weighted by Gasteiger charge is -2.29. The second-order valence-corrected chi connectivity index (χ2v) is 37.0. The number of hydrogen-bond donors (Lipinski definition) is 26. The Balaban J connectivity index is 2.43. The van der Waals surface area contributed by atoms with Crippen molar-refractivity contribution in [2.45, 2.75) is 280 Å². The Morgan fingerprint density at radius 3 is 1.13 bits per heavy atom. The summed E-state index contributed by atoms with van der Waals surface area (Å²) in [7, 11) is 0. The van der Waals surface area contributed by atoms with Gasteiger partial charge in [-0.05, 0) is 163 Å². The van der Waals surface area contributed by atoms with Gasteiger partial charge >= 0.3 is 11.9 Å². The van der Waals surface area contributed by atoms with E-state index in [1.54, 1.807) is 83.7 Å². The lowest BCUT2D eigenvalue weighted by atomic mass is 9.96. The molecular formula is C86H143N21O27S3. The van der Waals surface area contributed by atoms with Gasteiger partial charge in [0.1, 0.15) is 103 Å². The highest BCUT2D eigenvalue weighted by molar-refractivity contribution is 7.99. The summed E-state index contributed by atoms with van der Waals surface area (Å²) in [5.41, 5.74) is 22.9. The molecule has 1 aliphatic rings. The number of aliphatic carboxylic acids is 2. The Bertz CT molecular complexity index is 4190. The van der Waals surface area contributed by atoms with Gasteiger partial charge in [-0.15, -0.1) is 0 Å². The van der Waals surface area contributed by atoms with Crippen LogP contribution in [0.25, 0.3) is 0 Å². The number of carbonyl (C=O) groups excluding carboxylic acids is 19. The molecule has 0 aromatic heterocycles. The second-order valence-electron chi connectivity index (χ2n) is 34.0.